The first-order chi connectivity index (χ1) is 21.6. The summed E-state index contributed by atoms with van der Waals surface area (Å²) in [4.78, 5) is 38.2. The van der Waals surface area contributed by atoms with Gasteiger partial charge in [-0.3, -0.25) is 14.4 Å². The molecule has 2 atom stereocenters. The second kappa shape index (κ2) is 14.3. The Bertz CT molecular complexity index is 1580. The predicted molar refractivity (Wildman–Crippen MR) is 167 cm³/mol. The van der Waals surface area contributed by atoms with Crippen LogP contribution in [-0.2, 0) is 28.9 Å². The molecule has 46 heavy (non-hydrogen) atoms. The van der Waals surface area contributed by atoms with E-state index in [2.05, 4.69) is 10.6 Å². The zero-order valence-electron chi connectivity index (χ0n) is 25.2. The molecule has 16 heteroatoms. The van der Waals surface area contributed by atoms with Crippen LogP contribution in [0.4, 0.5) is 18.9 Å². The quantitative estimate of drug-likeness (QED) is 0.196. The van der Waals surface area contributed by atoms with E-state index in [1.807, 2.05) is 6.92 Å². The lowest BCUT2D eigenvalue weighted by atomic mass is 9.75. The molecule has 1 saturated carbocycles. The van der Waals surface area contributed by atoms with E-state index in [9.17, 15) is 31.6 Å². The van der Waals surface area contributed by atoms with Gasteiger partial charge in [0.1, 0.15) is 5.75 Å². The maximum Gasteiger partial charge on any atom is 0.398 e. The molecule has 0 spiro atoms. The van der Waals surface area contributed by atoms with E-state index < -0.39 is 59.1 Å². The molecule has 2 aliphatic rings. The molecule has 1 aliphatic heterocycles. The van der Waals surface area contributed by atoms with Crippen molar-refractivity contribution in [1.82, 2.24) is 5.32 Å². The Morgan fingerprint density at radius 3 is 2.39 bits per heavy atom. The number of alkyl halides is 3. The first-order valence-electron chi connectivity index (χ1n) is 14.3. The number of benzene rings is 2. The lowest BCUT2D eigenvalue weighted by Crippen LogP contribution is -2.50. The molecule has 0 radical (unpaired) electrons. The molecule has 1 saturated heterocycles. The van der Waals surface area contributed by atoms with Gasteiger partial charge in [0.25, 0.3) is 15.7 Å². The van der Waals surface area contributed by atoms with Crippen molar-refractivity contribution in [2.75, 3.05) is 32.8 Å². The number of hydrogen-bond acceptors (Lipinski definition) is 9. The molecule has 2 aromatic carbocycles. The first kappa shape index (κ1) is 35.7. The summed E-state index contributed by atoms with van der Waals surface area (Å²) < 4.78 is 84.2. The van der Waals surface area contributed by atoms with Crippen molar-refractivity contribution in [3.05, 3.63) is 47.8 Å². The number of anilines is 1. The molecule has 0 unspecified atom stereocenters. The number of sulfone groups is 1. The Morgan fingerprint density at radius 2 is 1.76 bits per heavy atom. The Morgan fingerprint density at radius 1 is 1.07 bits per heavy atom. The van der Waals surface area contributed by atoms with Gasteiger partial charge in [-0.25, -0.2) is 12.8 Å². The Hall–Kier alpha value is -3.12. The third kappa shape index (κ3) is 7.87. The van der Waals surface area contributed by atoms with Crippen molar-refractivity contribution in [2.45, 2.75) is 59.3 Å². The number of hydrogen-bond donors (Lipinski definition) is 2. The van der Waals surface area contributed by atoms with Crippen LogP contribution in [0.3, 0.4) is 0 Å². The summed E-state index contributed by atoms with van der Waals surface area (Å²) in [5.74, 6) is -3.57. The predicted octanol–water partition coefficient (Wildman–Crippen LogP) is 4.87. The number of esters is 1. The molecule has 4 rings (SSSR count). The number of carbonyl (C=O) groups excluding carboxylic acids is 3. The third-order valence-electron chi connectivity index (χ3n) is 8.23. The van der Waals surface area contributed by atoms with Gasteiger partial charge in [0, 0.05) is 47.0 Å². The van der Waals surface area contributed by atoms with E-state index in [0.717, 1.165) is 18.2 Å². The number of amides is 2. The van der Waals surface area contributed by atoms with Crippen LogP contribution >= 0.6 is 22.6 Å². The smallest absolute Gasteiger partial charge is 0.398 e. The Balaban J connectivity index is 1.48. The molecule has 0 bridgehead atoms. The highest BCUT2D eigenvalue weighted by Crippen LogP contribution is 2.39. The molecule has 2 N–H and O–H groups in total. The third-order valence-corrected chi connectivity index (χ3v) is 11.5. The van der Waals surface area contributed by atoms with Crippen LogP contribution in [0.15, 0.2) is 41.3 Å². The maximum atomic E-state index is 15.0. The number of nitrogens with one attached hydrogen (secondary N) is 2. The molecule has 2 amide bonds. The van der Waals surface area contributed by atoms with Gasteiger partial charge in [-0.1, -0.05) is 6.07 Å². The SMILES string of the molecule is COc1cc(F)c(O[C@H]2CC[C@@](C)(C(=O)OC)CC2)cc1C(=O)N[C@@H]1CCOC[C@@H]1C(=O)Nc1cccc(S(=O)(=O)C(F)(F)I)c1. The number of ether oxygens (including phenoxy) is 4. The van der Waals surface area contributed by atoms with Crippen molar-refractivity contribution in [3.63, 3.8) is 0 Å². The zero-order chi connectivity index (χ0) is 33.9. The molecular formula is C30H34F3IN2O9S. The number of carbonyl (C=O) groups is 3. The van der Waals surface area contributed by atoms with Gasteiger partial charge in [-0.2, -0.15) is 8.78 Å². The monoisotopic (exact) mass is 782 g/mol. The van der Waals surface area contributed by atoms with Gasteiger partial charge < -0.3 is 29.6 Å². The van der Waals surface area contributed by atoms with Gasteiger partial charge in [0.2, 0.25) is 5.91 Å². The van der Waals surface area contributed by atoms with E-state index >= 15 is 4.39 Å². The van der Waals surface area contributed by atoms with E-state index in [1.54, 1.807) is 0 Å². The summed E-state index contributed by atoms with van der Waals surface area (Å²) in [5, 5.41) is 5.29. The first-order valence-corrected chi connectivity index (χ1v) is 16.9. The van der Waals surface area contributed by atoms with Crippen LogP contribution in [0.5, 0.6) is 11.5 Å². The number of rotatable bonds is 10. The topological polar surface area (TPSA) is 146 Å². The standard InChI is InChI=1S/C30H34F3IN2O9S/c1-29(28(39)43-3)10-7-18(8-11-29)45-25-14-20(24(42-2)15-22(25)31)26(37)36-23-9-12-44-16-21(23)27(38)35-17-5-4-6-19(13-17)46(40,41)30(32,33)34/h4-6,13-15,18,21,23H,7-12,16H2,1-3H3,(H,35,38)(H,36,37)/t18-,21-,23+,29+/m0/s1. The van der Waals surface area contributed by atoms with E-state index in [-0.39, 0.29) is 48.4 Å². The maximum absolute atomic E-state index is 15.0. The summed E-state index contributed by atoms with van der Waals surface area (Å²) in [6.07, 6.45) is 1.71. The highest BCUT2D eigenvalue weighted by Gasteiger charge is 2.43. The summed E-state index contributed by atoms with van der Waals surface area (Å²) in [6.45, 7) is 1.93. The van der Waals surface area contributed by atoms with Gasteiger partial charge in [0.15, 0.2) is 11.6 Å². The van der Waals surface area contributed by atoms with Gasteiger partial charge in [-0.15, -0.1) is 0 Å². The average Bonchev–Trinajstić information content (AvgIpc) is 3.02. The highest BCUT2D eigenvalue weighted by molar-refractivity contribution is 14.1. The largest absolute Gasteiger partial charge is 0.496 e. The van der Waals surface area contributed by atoms with E-state index in [4.69, 9.17) is 18.9 Å². The van der Waals surface area contributed by atoms with E-state index in [0.29, 0.717) is 48.3 Å². The summed E-state index contributed by atoms with van der Waals surface area (Å²) in [6, 6.07) is 5.96. The summed E-state index contributed by atoms with van der Waals surface area (Å²) in [7, 11) is -2.40. The van der Waals surface area contributed by atoms with Crippen LogP contribution < -0.4 is 20.1 Å². The van der Waals surface area contributed by atoms with Gasteiger partial charge >= 0.3 is 9.23 Å². The van der Waals surface area contributed by atoms with Crippen LogP contribution in [0.1, 0.15) is 49.4 Å². The van der Waals surface area contributed by atoms with Crippen molar-refractivity contribution >= 4 is 55.9 Å². The van der Waals surface area contributed by atoms with Gasteiger partial charge in [0.05, 0.1) is 48.7 Å². The molecule has 1 heterocycles. The summed E-state index contributed by atoms with van der Waals surface area (Å²) >= 11 is 0.522. The molecule has 1 aliphatic carbocycles. The summed E-state index contributed by atoms with van der Waals surface area (Å²) in [5.41, 5.74) is -0.744. The fourth-order valence-electron chi connectivity index (χ4n) is 5.47. The van der Waals surface area contributed by atoms with Crippen LogP contribution in [0, 0.1) is 17.2 Å². The highest BCUT2D eigenvalue weighted by atomic mass is 127. The number of halogens is 4. The minimum absolute atomic E-state index is 0.0426. The normalized spacial score (nSPS) is 23.6. The molecule has 252 valence electrons. The average molecular weight is 783 g/mol. The van der Waals surface area contributed by atoms with Crippen LogP contribution in [-0.4, -0.2) is 69.0 Å². The van der Waals surface area contributed by atoms with Crippen LogP contribution in [0.25, 0.3) is 0 Å². The lowest BCUT2D eigenvalue weighted by molar-refractivity contribution is -0.154. The zero-order valence-corrected chi connectivity index (χ0v) is 28.2. The molecule has 0 aromatic heterocycles. The minimum atomic E-state index is -5.00. The Kier molecular flexibility index (Phi) is 11.1. The molecule has 2 fully saturated rings. The molecule has 11 nitrogen and oxygen atoms in total. The lowest BCUT2D eigenvalue weighted by Gasteiger charge is -2.35. The number of methoxy groups -OCH3 is 2. The fraction of sp³-hybridized carbons (Fsp3) is 0.500. The van der Waals surface area contributed by atoms with Crippen molar-refractivity contribution in [1.29, 1.82) is 0 Å². The minimum Gasteiger partial charge on any atom is -0.496 e. The van der Waals surface area contributed by atoms with Gasteiger partial charge in [-0.05, 0) is 63.3 Å². The van der Waals surface area contributed by atoms with Crippen molar-refractivity contribution in [3.8, 4) is 11.5 Å². The van der Waals surface area contributed by atoms with Crippen molar-refractivity contribution < 1.29 is 54.9 Å². The molecular weight excluding hydrogens is 748 g/mol. The Labute approximate surface area is 277 Å². The second-order valence-corrected chi connectivity index (χ2v) is 15.4. The second-order valence-electron chi connectivity index (χ2n) is 11.4. The fourth-order valence-corrected chi connectivity index (χ4v) is 7.04. The van der Waals surface area contributed by atoms with Crippen LogP contribution in [0.2, 0.25) is 0 Å². The van der Waals surface area contributed by atoms with E-state index in [1.165, 1.54) is 32.4 Å². The molecule has 2 aromatic rings. The van der Waals surface area contributed by atoms with Crippen molar-refractivity contribution in [2.24, 2.45) is 11.3 Å².